The molecule has 1 saturated carbocycles. The number of carbonyl (C=O) groups is 2. The van der Waals surface area contributed by atoms with Crippen LogP contribution in [0.4, 0.5) is 0 Å². The van der Waals surface area contributed by atoms with Crippen molar-refractivity contribution in [3.63, 3.8) is 0 Å². The summed E-state index contributed by atoms with van der Waals surface area (Å²) in [4.78, 5) is 24.4. The molecule has 144 valence electrons. The molecule has 0 bridgehead atoms. The zero-order valence-electron chi connectivity index (χ0n) is 16.2. The molecule has 27 heavy (non-hydrogen) atoms. The Hall–Kier alpha value is -2.76. The minimum atomic E-state index is -0.595. The lowest BCUT2D eigenvalue weighted by molar-refractivity contribution is -0.144. The molecule has 1 aliphatic rings. The Labute approximate surface area is 159 Å². The van der Waals surface area contributed by atoms with E-state index in [9.17, 15) is 9.59 Å². The molecule has 0 N–H and O–H groups in total. The number of rotatable bonds is 8. The Morgan fingerprint density at radius 1 is 1.07 bits per heavy atom. The van der Waals surface area contributed by atoms with Gasteiger partial charge in [0.2, 0.25) is 5.78 Å². The number of methoxy groups -OCH3 is 1. The van der Waals surface area contributed by atoms with Crippen LogP contribution < -0.4 is 9.47 Å². The molecule has 6 nitrogen and oxygen atoms in total. The summed E-state index contributed by atoms with van der Waals surface area (Å²) >= 11 is 0. The molecule has 0 unspecified atom stereocenters. The third kappa shape index (κ3) is 4.32. The summed E-state index contributed by atoms with van der Waals surface area (Å²) in [6.07, 6.45) is 2.30. The molecule has 0 atom stereocenters. The van der Waals surface area contributed by atoms with Crippen LogP contribution >= 0.6 is 0 Å². The number of benzene rings is 1. The highest BCUT2D eigenvalue weighted by molar-refractivity contribution is 5.99. The van der Waals surface area contributed by atoms with E-state index in [2.05, 4.69) is 4.57 Å². The SMILES string of the molecule is COc1cc(C)ccc1OCC(=O)OCC(=O)c1cc(C)n(C2CC2)c1C. The number of carbonyl (C=O) groups excluding carboxylic acids is 2. The van der Waals surface area contributed by atoms with Gasteiger partial charge in [-0.3, -0.25) is 4.79 Å². The first-order valence-electron chi connectivity index (χ1n) is 9.05. The van der Waals surface area contributed by atoms with E-state index >= 15 is 0 Å². The maximum Gasteiger partial charge on any atom is 0.344 e. The van der Waals surface area contributed by atoms with Gasteiger partial charge in [-0.25, -0.2) is 4.79 Å². The second kappa shape index (κ2) is 7.86. The van der Waals surface area contributed by atoms with Gasteiger partial charge in [-0.2, -0.15) is 0 Å². The third-order valence-electron chi connectivity index (χ3n) is 4.73. The van der Waals surface area contributed by atoms with Gasteiger partial charge in [0, 0.05) is 23.0 Å². The smallest absolute Gasteiger partial charge is 0.344 e. The van der Waals surface area contributed by atoms with Crippen LogP contribution in [-0.2, 0) is 9.53 Å². The van der Waals surface area contributed by atoms with E-state index in [1.165, 1.54) is 7.11 Å². The summed E-state index contributed by atoms with van der Waals surface area (Å²) in [5.74, 6) is 0.212. The fourth-order valence-electron chi connectivity index (χ4n) is 3.25. The van der Waals surface area contributed by atoms with E-state index in [4.69, 9.17) is 14.2 Å². The summed E-state index contributed by atoms with van der Waals surface area (Å²) in [7, 11) is 1.54. The first kappa shape index (κ1) is 19.0. The number of ether oxygens (including phenoxy) is 3. The fourth-order valence-corrected chi connectivity index (χ4v) is 3.25. The summed E-state index contributed by atoms with van der Waals surface area (Å²) in [6.45, 7) is 5.30. The first-order chi connectivity index (χ1) is 12.9. The van der Waals surface area contributed by atoms with Crippen LogP contribution in [0.15, 0.2) is 24.3 Å². The maximum absolute atomic E-state index is 12.4. The normalized spacial score (nSPS) is 13.3. The molecular weight excluding hydrogens is 346 g/mol. The monoisotopic (exact) mass is 371 g/mol. The highest BCUT2D eigenvalue weighted by Gasteiger charge is 2.28. The predicted octanol–water partition coefficient (Wildman–Crippen LogP) is 3.56. The van der Waals surface area contributed by atoms with E-state index in [0.29, 0.717) is 23.1 Å². The molecule has 3 rings (SSSR count). The second-order valence-corrected chi connectivity index (χ2v) is 6.91. The number of hydrogen-bond donors (Lipinski definition) is 0. The predicted molar refractivity (Wildman–Crippen MR) is 101 cm³/mol. The van der Waals surface area contributed by atoms with Gasteiger partial charge in [-0.1, -0.05) is 6.07 Å². The van der Waals surface area contributed by atoms with Crippen LogP contribution in [0.3, 0.4) is 0 Å². The van der Waals surface area contributed by atoms with Gasteiger partial charge in [0.05, 0.1) is 7.11 Å². The van der Waals surface area contributed by atoms with Gasteiger partial charge in [0.25, 0.3) is 0 Å². The van der Waals surface area contributed by atoms with Crippen molar-refractivity contribution in [2.24, 2.45) is 0 Å². The van der Waals surface area contributed by atoms with Crippen molar-refractivity contribution in [3.8, 4) is 11.5 Å². The lowest BCUT2D eigenvalue weighted by atomic mass is 10.1. The van der Waals surface area contributed by atoms with Crippen LogP contribution in [-0.4, -0.2) is 36.6 Å². The zero-order valence-corrected chi connectivity index (χ0v) is 16.2. The number of hydrogen-bond acceptors (Lipinski definition) is 5. The topological polar surface area (TPSA) is 66.8 Å². The van der Waals surface area contributed by atoms with Crippen molar-refractivity contribution in [2.75, 3.05) is 20.3 Å². The molecule has 2 aromatic rings. The first-order valence-corrected chi connectivity index (χ1v) is 9.05. The van der Waals surface area contributed by atoms with Gasteiger partial charge in [-0.15, -0.1) is 0 Å². The van der Waals surface area contributed by atoms with Gasteiger partial charge in [0.1, 0.15) is 0 Å². The van der Waals surface area contributed by atoms with Gasteiger partial charge >= 0.3 is 5.97 Å². The fraction of sp³-hybridized carbons (Fsp3) is 0.429. The molecule has 1 aliphatic carbocycles. The van der Waals surface area contributed by atoms with Gasteiger partial charge in [0.15, 0.2) is 24.7 Å². The molecule has 1 fully saturated rings. The summed E-state index contributed by atoms with van der Waals surface area (Å²) in [6, 6.07) is 7.80. The van der Waals surface area contributed by atoms with Crippen LogP contribution in [0.5, 0.6) is 11.5 Å². The Bertz CT molecular complexity index is 864. The number of aryl methyl sites for hydroxylation is 2. The van der Waals surface area contributed by atoms with E-state index in [-0.39, 0.29) is 19.0 Å². The molecule has 1 aromatic heterocycles. The maximum atomic E-state index is 12.4. The molecule has 0 saturated heterocycles. The van der Waals surface area contributed by atoms with Crippen LogP contribution in [0.2, 0.25) is 0 Å². The molecule has 0 spiro atoms. The van der Waals surface area contributed by atoms with E-state index in [1.54, 1.807) is 6.07 Å². The standard InChI is InChI=1S/C21H25NO5/c1-13-5-8-19(20(9-13)25-4)26-12-21(24)27-11-18(23)17-10-14(2)22(15(17)3)16-6-7-16/h5,8-10,16H,6-7,11-12H2,1-4H3. The van der Waals surface area contributed by atoms with Crippen molar-refractivity contribution < 1.29 is 23.8 Å². The van der Waals surface area contributed by atoms with Crippen LogP contribution in [0.1, 0.15) is 46.2 Å². The lowest BCUT2D eigenvalue weighted by Crippen LogP contribution is -2.20. The van der Waals surface area contributed by atoms with Crippen molar-refractivity contribution in [2.45, 2.75) is 39.7 Å². The number of Topliss-reactive ketones (excluding diaryl/α,β-unsaturated/α-hetero) is 1. The molecule has 1 aromatic carbocycles. The van der Waals surface area contributed by atoms with Crippen LogP contribution in [0.25, 0.3) is 0 Å². The van der Waals surface area contributed by atoms with Crippen LogP contribution in [0, 0.1) is 20.8 Å². The highest BCUT2D eigenvalue weighted by Crippen LogP contribution is 2.38. The largest absolute Gasteiger partial charge is 0.493 e. The quantitative estimate of drug-likeness (QED) is 0.524. The minimum Gasteiger partial charge on any atom is -0.493 e. The minimum absolute atomic E-state index is 0.198. The molecule has 1 heterocycles. The average Bonchev–Trinajstić information content (AvgIpc) is 3.43. The summed E-state index contributed by atoms with van der Waals surface area (Å²) in [5, 5.41) is 0. The molecule has 0 radical (unpaired) electrons. The van der Waals surface area contributed by atoms with Gasteiger partial charge in [-0.05, 0) is 57.4 Å². The Morgan fingerprint density at radius 3 is 2.48 bits per heavy atom. The highest BCUT2D eigenvalue weighted by atomic mass is 16.6. The number of ketones is 1. The van der Waals surface area contributed by atoms with E-state index in [0.717, 1.165) is 29.8 Å². The Morgan fingerprint density at radius 2 is 1.81 bits per heavy atom. The van der Waals surface area contributed by atoms with Gasteiger partial charge < -0.3 is 18.8 Å². The number of nitrogens with zero attached hydrogens (tertiary/aromatic N) is 1. The number of aromatic nitrogens is 1. The van der Waals surface area contributed by atoms with Crippen molar-refractivity contribution in [1.29, 1.82) is 0 Å². The summed E-state index contributed by atoms with van der Waals surface area (Å²) in [5.41, 5.74) is 3.65. The molecule has 0 amide bonds. The second-order valence-electron chi connectivity index (χ2n) is 6.91. The van der Waals surface area contributed by atoms with Crippen molar-refractivity contribution in [3.05, 3.63) is 46.8 Å². The lowest BCUT2D eigenvalue weighted by Gasteiger charge is -2.11. The average molecular weight is 371 g/mol. The summed E-state index contributed by atoms with van der Waals surface area (Å²) < 4.78 is 18.0. The van der Waals surface area contributed by atoms with E-state index < -0.39 is 5.97 Å². The zero-order chi connectivity index (χ0) is 19.6. The number of esters is 1. The molecular formula is C21H25NO5. The Balaban J connectivity index is 1.53. The van der Waals surface area contributed by atoms with Crippen molar-refractivity contribution in [1.82, 2.24) is 4.57 Å². The molecule has 6 heteroatoms. The third-order valence-corrected chi connectivity index (χ3v) is 4.73. The Kier molecular flexibility index (Phi) is 5.54. The van der Waals surface area contributed by atoms with Crippen molar-refractivity contribution >= 4 is 11.8 Å². The van der Waals surface area contributed by atoms with E-state index in [1.807, 2.05) is 39.0 Å². The molecule has 0 aliphatic heterocycles.